The van der Waals surface area contributed by atoms with Gasteiger partial charge in [-0.1, -0.05) is 32.6 Å². The molecule has 0 spiro atoms. The van der Waals surface area contributed by atoms with Crippen molar-refractivity contribution in [2.45, 2.75) is 45.4 Å². The van der Waals surface area contributed by atoms with Gasteiger partial charge in [0.15, 0.2) is 0 Å². The summed E-state index contributed by atoms with van der Waals surface area (Å²) in [5, 5.41) is 0. The molecule has 3 atom stereocenters. The van der Waals surface area contributed by atoms with Gasteiger partial charge >= 0.3 is 0 Å². The predicted octanol–water partition coefficient (Wildman–Crippen LogP) is 3.22. The molecule has 0 unspecified atom stereocenters. The molecular formula is C10H18. The van der Waals surface area contributed by atoms with Crippen LogP contribution in [0.4, 0.5) is 0 Å². The molecule has 0 bridgehead atoms. The van der Waals surface area contributed by atoms with Crippen LogP contribution in [0.5, 0.6) is 0 Å². The maximum Gasteiger partial charge on any atom is -0.0360 e. The van der Waals surface area contributed by atoms with Crippen LogP contribution >= 0.6 is 0 Å². The average molecular weight is 138 g/mol. The lowest BCUT2D eigenvalue weighted by atomic mass is 9.79. The Kier molecular flexibility index (Phi) is 1.71. The highest BCUT2D eigenvalue weighted by molar-refractivity contribution is 4.85. The fourth-order valence-electron chi connectivity index (χ4n) is 3.03. The van der Waals surface area contributed by atoms with Gasteiger partial charge in [-0.05, 0) is 30.6 Å². The lowest BCUT2D eigenvalue weighted by Crippen LogP contribution is -2.17. The first-order valence-corrected chi connectivity index (χ1v) is 4.88. The third-order valence-corrected chi connectivity index (χ3v) is 3.69. The fourth-order valence-corrected chi connectivity index (χ4v) is 3.03. The standard InChI is InChI=1S/C10H18/c1-8-6-7-9-4-2-3-5-10(8)9/h8-10H,2-7H2,1H3/t8-,9-,10+/m0/s1. The molecule has 0 aliphatic heterocycles. The molecule has 0 nitrogen and oxygen atoms in total. The van der Waals surface area contributed by atoms with Crippen LogP contribution in [0.2, 0.25) is 0 Å². The van der Waals surface area contributed by atoms with E-state index in [1.807, 2.05) is 0 Å². The minimum atomic E-state index is 1.06. The fraction of sp³-hybridized carbons (Fsp3) is 1.00. The van der Waals surface area contributed by atoms with Gasteiger partial charge in [0.2, 0.25) is 0 Å². The Balaban J connectivity index is 2.01. The molecule has 0 radical (unpaired) electrons. The minimum absolute atomic E-state index is 1.06. The van der Waals surface area contributed by atoms with E-state index in [1.165, 1.54) is 19.3 Å². The summed E-state index contributed by atoms with van der Waals surface area (Å²) in [6, 6.07) is 0. The largest absolute Gasteiger partial charge is 0.0622 e. The highest BCUT2D eigenvalue weighted by Crippen LogP contribution is 2.45. The maximum absolute atomic E-state index is 2.45. The van der Waals surface area contributed by atoms with E-state index >= 15 is 0 Å². The molecule has 2 aliphatic carbocycles. The number of hydrogen-bond acceptors (Lipinski definition) is 0. The Hall–Kier alpha value is 0. The van der Waals surface area contributed by atoms with Crippen LogP contribution in [-0.2, 0) is 0 Å². The molecule has 2 rings (SSSR count). The molecule has 10 heavy (non-hydrogen) atoms. The van der Waals surface area contributed by atoms with Gasteiger partial charge in [-0.2, -0.15) is 0 Å². The summed E-state index contributed by atoms with van der Waals surface area (Å²) in [5.41, 5.74) is 0. The molecule has 0 N–H and O–H groups in total. The second-order valence-electron chi connectivity index (χ2n) is 4.26. The SMILES string of the molecule is C[C@H]1CC[C@@H]2CCCC[C@@H]21. The number of fused-ring (bicyclic) bond motifs is 1. The Morgan fingerprint density at radius 3 is 2.50 bits per heavy atom. The highest BCUT2D eigenvalue weighted by atomic mass is 14.4. The summed E-state index contributed by atoms with van der Waals surface area (Å²) >= 11 is 0. The Bertz CT molecular complexity index is 115. The van der Waals surface area contributed by atoms with Crippen molar-refractivity contribution >= 4 is 0 Å². The third-order valence-electron chi connectivity index (χ3n) is 3.69. The topological polar surface area (TPSA) is 0 Å². The van der Waals surface area contributed by atoms with E-state index < -0.39 is 0 Å². The minimum Gasteiger partial charge on any atom is -0.0622 e. The van der Waals surface area contributed by atoms with Crippen molar-refractivity contribution < 1.29 is 0 Å². The van der Waals surface area contributed by atoms with Crippen molar-refractivity contribution in [1.29, 1.82) is 0 Å². The van der Waals surface area contributed by atoms with E-state index in [4.69, 9.17) is 0 Å². The molecule has 0 aromatic rings. The van der Waals surface area contributed by atoms with Crippen molar-refractivity contribution in [3.63, 3.8) is 0 Å². The van der Waals surface area contributed by atoms with E-state index in [9.17, 15) is 0 Å². The first kappa shape index (κ1) is 6.69. The van der Waals surface area contributed by atoms with Crippen LogP contribution in [0.3, 0.4) is 0 Å². The zero-order valence-electron chi connectivity index (χ0n) is 6.97. The van der Waals surface area contributed by atoms with Crippen LogP contribution < -0.4 is 0 Å². The van der Waals surface area contributed by atoms with Crippen LogP contribution in [0.25, 0.3) is 0 Å². The van der Waals surface area contributed by atoms with Crippen molar-refractivity contribution in [2.24, 2.45) is 17.8 Å². The number of hydrogen-bond donors (Lipinski definition) is 0. The van der Waals surface area contributed by atoms with Crippen LogP contribution in [0.1, 0.15) is 45.4 Å². The normalized spacial score (nSPS) is 47.1. The van der Waals surface area contributed by atoms with Crippen molar-refractivity contribution in [1.82, 2.24) is 0 Å². The molecule has 0 aromatic carbocycles. The van der Waals surface area contributed by atoms with E-state index in [0.29, 0.717) is 0 Å². The molecule has 0 aromatic heterocycles. The van der Waals surface area contributed by atoms with E-state index in [0.717, 1.165) is 17.8 Å². The third kappa shape index (κ3) is 0.980. The molecule has 2 saturated carbocycles. The van der Waals surface area contributed by atoms with Gasteiger partial charge in [-0.15, -0.1) is 0 Å². The van der Waals surface area contributed by atoms with Crippen LogP contribution in [0, 0.1) is 17.8 Å². The first-order chi connectivity index (χ1) is 4.88. The summed E-state index contributed by atoms with van der Waals surface area (Å²) < 4.78 is 0. The molecule has 58 valence electrons. The molecule has 2 fully saturated rings. The maximum atomic E-state index is 2.45. The molecule has 0 heterocycles. The lowest BCUT2D eigenvalue weighted by Gasteiger charge is -2.27. The van der Waals surface area contributed by atoms with E-state index in [2.05, 4.69) is 6.92 Å². The predicted molar refractivity (Wildman–Crippen MR) is 43.8 cm³/mol. The molecule has 0 amide bonds. The monoisotopic (exact) mass is 138 g/mol. The van der Waals surface area contributed by atoms with Gasteiger partial charge in [-0.3, -0.25) is 0 Å². The Labute approximate surface area is 64.0 Å². The van der Waals surface area contributed by atoms with Gasteiger partial charge in [0.05, 0.1) is 0 Å². The van der Waals surface area contributed by atoms with E-state index in [1.54, 1.807) is 19.3 Å². The molecule has 0 heteroatoms. The zero-order chi connectivity index (χ0) is 6.97. The van der Waals surface area contributed by atoms with Crippen LogP contribution in [0.15, 0.2) is 0 Å². The van der Waals surface area contributed by atoms with Crippen molar-refractivity contribution in [3.05, 3.63) is 0 Å². The summed E-state index contributed by atoms with van der Waals surface area (Å²) in [5.74, 6) is 3.34. The second-order valence-corrected chi connectivity index (χ2v) is 4.26. The summed E-state index contributed by atoms with van der Waals surface area (Å²) in [7, 11) is 0. The first-order valence-electron chi connectivity index (χ1n) is 4.88. The smallest absolute Gasteiger partial charge is 0.0360 e. The van der Waals surface area contributed by atoms with Crippen molar-refractivity contribution in [3.8, 4) is 0 Å². The van der Waals surface area contributed by atoms with Crippen LogP contribution in [-0.4, -0.2) is 0 Å². The summed E-state index contributed by atoms with van der Waals surface area (Å²) in [4.78, 5) is 0. The Morgan fingerprint density at radius 1 is 0.900 bits per heavy atom. The van der Waals surface area contributed by atoms with Gasteiger partial charge in [0.1, 0.15) is 0 Å². The summed E-state index contributed by atoms with van der Waals surface area (Å²) in [6.45, 7) is 2.45. The van der Waals surface area contributed by atoms with Gasteiger partial charge in [0.25, 0.3) is 0 Å². The average Bonchev–Trinajstić information content (AvgIpc) is 2.34. The quantitative estimate of drug-likeness (QED) is 0.482. The molecule has 2 aliphatic rings. The van der Waals surface area contributed by atoms with E-state index in [-0.39, 0.29) is 0 Å². The Morgan fingerprint density at radius 2 is 1.70 bits per heavy atom. The highest BCUT2D eigenvalue weighted by Gasteiger charge is 2.34. The van der Waals surface area contributed by atoms with Crippen molar-refractivity contribution in [2.75, 3.05) is 0 Å². The van der Waals surface area contributed by atoms with Gasteiger partial charge in [0, 0.05) is 0 Å². The lowest BCUT2D eigenvalue weighted by molar-refractivity contribution is 0.238. The molecule has 0 saturated heterocycles. The molecular weight excluding hydrogens is 120 g/mol. The van der Waals surface area contributed by atoms with Gasteiger partial charge in [-0.25, -0.2) is 0 Å². The number of rotatable bonds is 0. The van der Waals surface area contributed by atoms with Gasteiger partial charge < -0.3 is 0 Å². The summed E-state index contributed by atoms with van der Waals surface area (Å²) in [6.07, 6.45) is 9.21. The second kappa shape index (κ2) is 2.56. The zero-order valence-corrected chi connectivity index (χ0v) is 6.97.